The molecular formula is C35H38FN5O8S. The van der Waals surface area contributed by atoms with Gasteiger partial charge in [-0.15, -0.1) is 0 Å². The monoisotopic (exact) mass is 707 g/mol. The van der Waals surface area contributed by atoms with Crippen LogP contribution in [0, 0.1) is 11.7 Å². The highest BCUT2D eigenvalue weighted by Crippen LogP contribution is 2.46. The molecule has 0 radical (unpaired) electrons. The highest BCUT2D eigenvalue weighted by atomic mass is 32.2. The summed E-state index contributed by atoms with van der Waals surface area (Å²) in [5, 5.41) is 15.9. The summed E-state index contributed by atoms with van der Waals surface area (Å²) in [5.74, 6) is -3.03. The lowest BCUT2D eigenvalue weighted by Crippen LogP contribution is -2.58. The molecule has 3 aromatic rings. The Hall–Kier alpha value is -4.79. The van der Waals surface area contributed by atoms with E-state index in [9.17, 15) is 37.1 Å². The van der Waals surface area contributed by atoms with Crippen molar-refractivity contribution < 1.29 is 41.8 Å². The van der Waals surface area contributed by atoms with Gasteiger partial charge in [-0.25, -0.2) is 22.6 Å². The normalized spacial score (nSPS) is 28.1. The molecule has 2 aliphatic heterocycles. The van der Waals surface area contributed by atoms with Crippen LogP contribution in [0.5, 0.6) is 5.88 Å². The van der Waals surface area contributed by atoms with Crippen LogP contribution in [-0.2, 0) is 24.4 Å². The van der Waals surface area contributed by atoms with Gasteiger partial charge in [-0.1, -0.05) is 49.3 Å². The van der Waals surface area contributed by atoms with Crippen LogP contribution in [-0.4, -0.2) is 82.7 Å². The van der Waals surface area contributed by atoms with Crippen LogP contribution in [0.25, 0.3) is 21.7 Å². The summed E-state index contributed by atoms with van der Waals surface area (Å²) in [7, 11) is -3.91. The van der Waals surface area contributed by atoms with E-state index < -0.39 is 74.5 Å². The fourth-order valence-corrected chi connectivity index (χ4v) is 8.50. The fourth-order valence-electron chi connectivity index (χ4n) is 7.14. The fraction of sp³-hybridized carbons (Fsp3) is 0.457. The predicted octanol–water partition coefficient (Wildman–Crippen LogP) is 3.52. The van der Waals surface area contributed by atoms with E-state index in [4.69, 9.17) is 4.74 Å². The Labute approximate surface area is 287 Å². The quantitative estimate of drug-likeness (QED) is 0.220. The lowest BCUT2D eigenvalue weighted by molar-refractivity contribution is -0.141. The molecule has 2 aromatic carbocycles. The van der Waals surface area contributed by atoms with E-state index in [1.165, 1.54) is 17.0 Å². The van der Waals surface area contributed by atoms with Crippen molar-refractivity contribution in [2.45, 2.75) is 86.8 Å². The number of ether oxygens (including phenoxy) is 1. The number of halogens is 1. The maximum absolute atomic E-state index is 14.5. The first kappa shape index (κ1) is 33.7. The van der Waals surface area contributed by atoms with Crippen LogP contribution in [0.2, 0.25) is 0 Å². The van der Waals surface area contributed by atoms with Gasteiger partial charge in [-0.2, -0.15) is 0 Å². The van der Waals surface area contributed by atoms with Crippen molar-refractivity contribution in [1.82, 2.24) is 25.2 Å². The first-order chi connectivity index (χ1) is 23.9. The number of nitrogens with one attached hydrogen (secondary N) is 3. The largest absolute Gasteiger partial charge is 0.472 e. The number of fused-ring (bicyclic) bond motifs is 5. The molecule has 4 N–H and O–H groups in total. The van der Waals surface area contributed by atoms with Crippen LogP contribution in [0.1, 0.15) is 57.8 Å². The van der Waals surface area contributed by atoms with Crippen LogP contribution >= 0.6 is 0 Å². The lowest BCUT2D eigenvalue weighted by atomic mass is 10.1. The Kier molecular flexibility index (Phi) is 8.87. The number of sulfonamides is 1. The predicted molar refractivity (Wildman–Crippen MR) is 180 cm³/mol. The second-order valence-corrected chi connectivity index (χ2v) is 15.6. The summed E-state index contributed by atoms with van der Waals surface area (Å²) in [6.45, 7) is -0.126. The number of amides is 4. The van der Waals surface area contributed by atoms with Gasteiger partial charge in [0.15, 0.2) is 0 Å². The minimum Gasteiger partial charge on any atom is -0.472 e. The van der Waals surface area contributed by atoms with Crippen molar-refractivity contribution in [3.63, 3.8) is 0 Å². The van der Waals surface area contributed by atoms with Gasteiger partial charge in [0.25, 0.3) is 5.91 Å². The summed E-state index contributed by atoms with van der Waals surface area (Å²) in [4.78, 5) is 59.5. The average molecular weight is 708 g/mol. The molecule has 1 aromatic heterocycles. The van der Waals surface area contributed by atoms with Crippen LogP contribution in [0.3, 0.4) is 0 Å². The summed E-state index contributed by atoms with van der Waals surface area (Å²) in [5.41, 5.74) is -0.952. The first-order valence-corrected chi connectivity index (χ1v) is 18.5. The Balaban J connectivity index is 1.22. The van der Waals surface area contributed by atoms with Gasteiger partial charge < -0.3 is 25.4 Å². The number of nitrogens with zero attached hydrogens (tertiary/aromatic N) is 2. The van der Waals surface area contributed by atoms with Crippen molar-refractivity contribution in [1.29, 1.82) is 0 Å². The van der Waals surface area contributed by atoms with Crippen LogP contribution in [0.15, 0.2) is 54.6 Å². The van der Waals surface area contributed by atoms with E-state index >= 15 is 0 Å². The first-order valence-electron chi connectivity index (χ1n) is 16.9. The third-order valence-electron chi connectivity index (χ3n) is 10.0. The smallest absolute Gasteiger partial charge is 0.405 e. The summed E-state index contributed by atoms with van der Waals surface area (Å²) < 4.78 is 48.5. The molecule has 2 aliphatic carbocycles. The number of pyridine rings is 1. The number of carboxylic acid groups (broad SMARTS) is 1. The maximum atomic E-state index is 14.5. The van der Waals surface area contributed by atoms with Gasteiger partial charge in [0.05, 0.1) is 17.3 Å². The van der Waals surface area contributed by atoms with Gasteiger partial charge in [0.2, 0.25) is 27.7 Å². The molecule has 264 valence electrons. The van der Waals surface area contributed by atoms with Crippen molar-refractivity contribution in [2.75, 3.05) is 6.54 Å². The van der Waals surface area contributed by atoms with Crippen molar-refractivity contribution in [2.24, 2.45) is 5.92 Å². The Morgan fingerprint density at radius 1 is 1.04 bits per heavy atom. The third kappa shape index (κ3) is 6.70. The van der Waals surface area contributed by atoms with Gasteiger partial charge >= 0.3 is 6.09 Å². The number of carbonyl (C=O) groups excluding carboxylic acids is 3. The molecule has 7 rings (SSSR count). The van der Waals surface area contributed by atoms with E-state index in [1.54, 1.807) is 12.1 Å². The zero-order valence-electron chi connectivity index (χ0n) is 27.1. The maximum Gasteiger partial charge on any atom is 0.405 e. The highest BCUT2D eigenvalue weighted by molar-refractivity contribution is 7.91. The van der Waals surface area contributed by atoms with E-state index in [-0.39, 0.29) is 31.7 Å². The minimum absolute atomic E-state index is 0.0543. The number of benzene rings is 2. The summed E-state index contributed by atoms with van der Waals surface area (Å²) >= 11 is 0. The molecule has 15 heteroatoms. The minimum atomic E-state index is -3.91. The molecule has 4 amide bonds. The van der Waals surface area contributed by atoms with Crippen molar-refractivity contribution in [3.05, 3.63) is 60.4 Å². The molecule has 50 heavy (non-hydrogen) atoms. The number of hydrogen-bond acceptors (Lipinski definition) is 8. The molecule has 0 bridgehead atoms. The Bertz CT molecular complexity index is 2020. The number of hydrogen-bond donors (Lipinski definition) is 4. The van der Waals surface area contributed by atoms with Gasteiger partial charge in [0, 0.05) is 23.1 Å². The second-order valence-electron chi connectivity index (χ2n) is 13.6. The number of rotatable bonds is 6. The molecular weight excluding hydrogens is 669 g/mol. The van der Waals surface area contributed by atoms with Gasteiger partial charge in [0.1, 0.15) is 29.5 Å². The van der Waals surface area contributed by atoms with Gasteiger partial charge in [-0.05, 0) is 62.1 Å². The molecule has 1 saturated heterocycles. The van der Waals surface area contributed by atoms with Crippen LogP contribution in [0.4, 0.5) is 9.18 Å². The number of para-hydroxylation sites is 1. The molecule has 2 saturated carbocycles. The zero-order chi connectivity index (χ0) is 35.2. The molecule has 5 atom stereocenters. The SMILES string of the molecule is O=C(O)N[C@H]1CCCCC/C=C\[C@@H]2C[C@@]2(C(=O)NS(=O)(=O)C2CC2)NC(=O)[C@@H]2C[C@@H](Oc3nc4ccccc4c4ccc(F)cc34)CN2C1=O. The summed E-state index contributed by atoms with van der Waals surface area (Å²) in [6, 6.07) is 9.23. The Morgan fingerprint density at radius 3 is 2.62 bits per heavy atom. The van der Waals surface area contributed by atoms with Crippen LogP contribution < -0.4 is 20.1 Å². The number of carbonyl (C=O) groups is 4. The highest BCUT2D eigenvalue weighted by Gasteiger charge is 2.62. The number of aromatic nitrogens is 1. The number of allylic oxidation sites excluding steroid dienone is 1. The standard InChI is InChI=1S/C35H38FN5O8S/c36-21-12-15-24-25-9-6-7-10-27(25)37-31(26(24)16-21)49-22-17-29-30(42)39-35(33(44)40-50(47,48)23-13-14-23)18-20(35)8-4-2-1-3-5-11-28(38-34(45)46)32(43)41(29)19-22/h4,6-10,12,15-16,20,22-23,28-29,38H,1-3,5,11,13-14,17-19H2,(H,39,42)(H,40,44)(H,45,46)/b8-4-/t20-,22-,28+,29+,35-/m1/s1. The summed E-state index contributed by atoms with van der Waals surface area (Å²) in [6.07, 6.45) is 5.37. The topological polar surface area (TPSA) is 184 Å². The molecule has 0 unspecified atom stereocenters. The molecule has 4 aliphatic rings. The Morgan fingerprint density at radius 2 is 1.84 bits per heavy atom. The van der Waals surface area contributed by atoms with Crippen molar-refractivity contribution >= 4 is 55.5 Å². The molecule has 0 spiro atoms. The molecule has 3 heterocycles. The van der Waals surface area contributed by atoms with E-state index in [2.05, 4.69) is 20.3 Å². The van der Waals surface area contributed by atoms with E-state index in [0.29, 0.717) is 48.4 Å². The third-order valence-corrected chi connectivity index (χ3v) is 11.9. The van der Waals surface area contributed by atoms with Gasteiger partial charge in [-0.3, -0.25) is 19.1 Å². The second kappa shape index (κ2) is 13.2. The van der Waals surface area contributed by atoms with E-state index in [0.717, 1.165) is 11.8 Å². The average Bonchev–Trinajstić information content (AvgIpc) is 4.00. The molecule has 3 fully saturated rings. The molecule has 13 nitrogen and oxygen atoms in total. The van der Waals surface area contributed by atoms with E-state index in [1.807, 2.05) is 30.4 Å². The zero-order valence-corrected chi connectivity index (χ0v) is 28.0. The van der Waals surface area contributed by atoms with Crippen molar-refractivity contribution in [3.8, 4) is 5.88 Å². The lowest BCUT2D eigenvalue weighted by Gasteiger charge is -2.29.